The fourth-order valence-electron chi connectivity index (χ4n) is 5.73. The Morgan fingerprint density at radius 3 is 1.85 bits per heavy atom. The van der Waals surface area contributed by atoms with Gasteiger partial charge in [-0.2, -0.15) is 0 Å². The fraction of sp³-hybridized carbons (Fsp3) is 0.515. The average Bonchev–Trinajstić information content (AvgIpc) is 3.30. The van der Waals surface area contributed by atoms with Gasteiger partial charge >= 0.3 is 0 Å². The van der Waals surface area contributed by atoms with Crippen LogP contribution in [0, 0.1) is 5.41 Å². The van der Waals surface area contributed by atoms with Crippen LogP contribution in [0.3, 0.4) is 0 Å². The summed E-state index contributed by atoms with van der Waals surface area (Å²) in [6, 6.07) is 12.0. The Hall–Kier alpha value is -2.08. The van der Waals surface area contributed by atoms with Crippen LogP contribution in [0.2, 0.25) is 0 Å². The average molecular weight is 441 g/mol. The predicted octanol–water partition coefficient (Wildman–Crippen LogP) is 9.43. The van der Waals surface area contributed by atoms with Crippen molar-refractivity contribution in [1.29, 1.82) is 0 Å². The highest BCUT2D eigenvalue weighted by molar-refractivity contribution is 5.80. The lowest BCUT2D eigenvalue weighted by molar-refractivity contribution is 0.516. The zero-order chi connectivity index (χ0) is 24.6. The van der Waals surface area contributed by atoms with E-state index in [4.69, 9.17) is 0 Å². The third-order valence-corrected chi connectivity index (χ3v) is 7.92. The summed E-state index contributed by atoms with van der Waals surface area (Å²) in [4.78, 5) is 0. The van der Waals surface area contributed by atoms with E-state index < -0.39 is 0 Å². The van der Waals surface area contributed by atoms with E-state index >= 15 is 0 Å². The maximum absolute atomic E-state index is 2.51. The van der Waals surface area contributed by atoms with Crippen LogP contribution < -0.4 is 0 Å². The van der Waals surface area contributed by atoms with Gasteiger partial charge in [-0.1, -0.05) is 124 Å². The molecule has 2 aliphatic carbocycles. The smallest absolute Gasteiger partial charge is 0.0117 e. The zero-order valence-electron chi connectivity index (χ0n) is 23.0. The zero-order valence-corrected chi connectivity index (χ0v) is 23.0. The minimum atomic E-state index is -0.00758. The Labute approximate surface area is 203 Å². The molecule has 2 aliphatic rings. The first-order valence-corrected chi connectivity index (χ1v) is 12.7. The number of hydrogen-bond acceptors (Lipinski definition) is 0. The van der Waals surface area contributed by atoms with Gasteiger partial charge in [-0.15, -0.1) is 0 Å². The Kier molecular flexibility index (Phi) is 5.44. The van der Waals surface area contributed by atoms with Crippen LogP contribution in [0.5, 0.6) is 0 Å². The predicted molar refractivity (Wildman–Crippen MR) is 145 cm³/mol. The van der Waals surface area contributed by atoms with Crippen molar-refractivity contribution in [2.24, 2.45) is 5.41 Å². The van der Waals surface area contributed by atoms with Crippen molar-refractivity contribution in [3.63, 3.8) is 0 Å². The van der Waals surface area contributed by atoms with Gasteiger partial charge in [0.15, 0.2) is 0 Å². The molecule has 33 heavy (non-hydrogen) atoms. The van der Waals surface area contributed by atoms with E-state index in [0.717, 1.165) is 12.8 Å². The standard InChI is InChI=1S/C33H44/c1-30(2,3)22-14-15-25-21(18-22)19-27-26(25)16-17-28(32(7,8)9)29(27)33(10,11)24-13-12-23(20-24)31(4,5)6/h12,14-18,20H,13,19H2,1-11H3. The molecule has 0 heterocycles. The maximum Gasteiger partial charge on any atom is 0.0117 e. The number of hydrogen-bond donors (Lipinski definition) is 0. The van der Waals surface area contributed by atoms with E-state index in [0.29, 0.717) is 0 Å². The lowest BCUT2D eigenvalue weighted by Gasteiger charge is -2.36. The van der Waals surface area contributed by atoms with Crippen LogP contribution in [0.25, 0.3) is 11.1 Å². The van der Waals surface area contributed by atoms with Gasteiger partial charge in [0.05, 0.1) is 0 Å². The summed E-state index contributed by atoms with van der Waals surface area (Å²) < 4.78 is 0. The summed E-state index contributed by atoms with van der Waals surface area (Å²) in [6.45, 7) is 26.0. The van der Waals surface area contributed by atoms with Crippen LogP contribution in [0.4, 0.5) is 0 Å². The Morgan fingerprint density at radius 2 is 1.30 bits per heavy atom. The molecule has 2 aromatic rings. The van der Waals surface area contributed by atoms with Crippen molar-refractivity contribution in [2.75, 3.05) is 0 Å². The van der Waals surface area contributed by atoms with Crippen molar-refractivity contribution in [1.82, 2.24) is 0 Å². The second-order valence-electron chi connectivity index (χ2n) is 14.0. The summed E-state index contributed by atoms with van der Waals surface area (Å²) in [5.41, 5.74) is 13.9. The summed E-state index contributed by atoms with van der Waals surface area (Å²) in [5, 5.41) is 0. The highest BCUT2D eigenvalue weighted by Gasteiger charge is 2.38. The lowest BCUT2D eigenvalue weighted by atomic mass is 9.68. The highest BCUT2D eigenvalue weighted by Crippen LogP contribution is 2.50. The van der Waals surface area contributed by atoms with Crippen molar-refractivity contribution >= 4 is 0 Å². The highest BCUT2D eigenvalue weighted by atomic mass is 14.4. The third kappa shape index (κ3) is 4.16. The van der Waals surface area contributed by atoms with E-state index in [9.17, 15) is 0 Å². The Bertz CT molecular complexity index is 1160. The molecule has 0 aromatic heterocycles. The monoisotopic (exact) mass is 440 g/mol. The van der Waals surface area contributed by atoms with E-state index in [2.05, 4.69) is 119 Å². The quantitative estimate of drug-likeness (QED) is 0.372. The summed E-state index contributed by atoms with van der Waals surface area (Å²) in [5.74, 6) is 0. The van der Waals surface area contributed by atoms with E-state index in [1.807, 2.05) is 0 Å². The molecule has 0 fully saturated rings. The van der Waals surface area contributed by atoms with Gasteiger partial charge in [0.2, 0.25) is 0 Å². The number of fused-ring (bicyclic) bond motifs is 3. The molecule has 2 aromatic carbocycles. The fourth-order valence-corrected chi connectivity index (χ4v) is 5.73. The summed E-state index contributed by atoms with van der Waals surface area (Å²) in [7, 11) is 0. The van der Waals surface area contributed by atoms with Crippen LogP contribution in [-0.4, -0.2) is 0 Å². The van der Waals surface area contributed by atoms with Gasteiger partial charge in [0, 0.05) is 5.41 Å². The first-order valence-electron chi connectivity index (χ1n) is 12.7. The molecule has 0 radical (unpaired) electrons. The van der Waals surface area contributed by atoms with E-state index in [1.54, 1.807) is 16.7 Å². The normalized spacial score (nSPS) is 16.5. The largest absolute Gasteiger partial charge is 0.0767 e. The molecular weight excluding hydrogens is 396 g/mol. The maximum atomic E-state index is 2.51. The van der Waals surface area contributed by atoms with Crippen LogP contribution in [0.1, 0.15) is 110 Å². The molecular formula is C33H44. The molecule has 0 bridgehead atoms. The molecule has 0 atom stereocenters. The van der Waals surface area contributed by atoms with E-state index in [1.165, 1.54) is 33.4 Å². The van der Waals surface area contributed by atoms with Crippen molar-refractivity contribution in [3.8, 4) is 11.1 Å². The van der Waals surface area contributed by atoms with Gasteiger partial charge in [0.1, 0.15) is 0 Å². The van der Waals surface area contributed by atoms with Crippen LogP contribution >= 0.6 is 0 Å². The molecule has 0 spiro atoms. The molecule has 176 valence electrons. The topological polar surface area (TPSA) is 0 Å². The Morgan fingerprint density at radius 1 is 0.667 bits per heavy atom. The number of rotatable bonds is 2. The molecule has 0 aliphatic heterocycles. The van der Waals surface area contributed by atoms with Crippen LogP contribution in [0.15, 0.2) is 53.6 Å². The second kappa shape index (κ2) is 7.46. The molecule has 0 heteroatoms. The molecule has 0 N–H and O–H groups in total. The first kappa shape index (κ1) is 24.1. The molecule has 4 rings (SSSR count). The van der Waals surface area contributed by atoms with Gasteiger partial charge in [-0.05, 0) is 73.6 Å². The first-order chi connectivity index (χ1) is 15.0. The molecule has 0 nitrogen and oxygen atoms in total. The van der Waals surface area contributed by atoms with Crippen molar-refractivity contribution in [3.05, 3.63) is 81.4 Å². The number of benzene rings is 2. The van der Waals surface area contributed by atoms with Crippen molar-refractivity contribution in [2.45, 2.75) is 105 Å². The summed E-state index contributed by atoms with van der Waals surface area (Å²) >= 11 is 0. The molecule has 0 saturated heterocycles. The van der Waals surface area contributed by atoms with E-state index in [-0.39, 0.29) is 21.7 Å². The molecule has 0 amide bonds. The van der Waals surface area contributed by atoms with Gasteiger partial charge in [-0.3, -0.25) is 0 Å². The molecule has 0 saturated carbocycles. The number of allylic oxidation sites excluding steroid dienone is 4. The minimum Gasteiger partial charge on any atom is -0.0767 e. The lowest BCUT2D eigenvalue weighted by Crippen LogP contribution is -2.28. The van der Waals surface area contributed by atoms with Crippen molar-refractivity contribution < 1.29 is 0 Å². The Balaban J connectivity index is 1.89. The van der Waals surface area contributed by atoms with Gasteiger partial charge in [0.25, 0.3) is 0 Å². The third-order valence-electron chi connectivity index (χ3n) is 7.92. The second-order valence-corrected chi connectivity index (χ2v) is 14.0. The molecule has 0 unspecified atom stereocenters. The minimum absolute atomic E-state index is 0.00758. The van der Waals surface area contributed by atoms with Gasteiger partial charge < -0.3 is 0 Å². The SMILES string of the molecule is CC(C)(C)C1=CCC(C(C)(C)c2c(C(C)(C)C)ccc3c2Cc2cc(C(C)(C)C)ccc2-3)=C1. The summed E-state index contributed by atoms with van der Waals surface area (Å²) in [6.07, 6.45) is 7.07. The van der Waals surface area contributed by atoms with Crippen LogP contribution in [-0.2, 0) is 22.7 Å². The van der Waals surface area contributed by atoms with Gasteiger partial charge in [-0.25, -0.2) is 0 Å².